The molecule has 8 heteroatoms. The van der Waals surface area contributed by atoms with E-state index in [0.29, 0.717) is 19.0 Å². The molecule has 1 aromatic rings. The molecule has 2 saturated heterocycles. The third-order valence-electron chi connectivity index (χ3n) is 9.72. The van der Waals surface area contributed by atoms with Gasteiger partial charge in [0.15, 0.2) is 5.78 Å². The summed E-state index contributed by atoms with van der Waals surface area (Å²) in [4.78, 5) is 12.9. The summed E-state index contributed by atoms with van der Waals surface area (Å²) in [6, 6.07) is 2.92. The molecule has 0 unspecified atom stereocenters. The summed E-state index contributed by atoms with van der Waals surface area (Å²) in [5.74, 6) is 1.20. The maximum absolute atomic E-state index is 15.2. The minimum atomic E-state index is -3.79. The third kappa shape index (κ3) is 3.95. The first-order valence-corrected chi connectivity index (χ1v) is 14.9. The van der Waals surface area contributed by atoms with Crippen molar-refractivity contribution in [1.82, 2.24) is 4.31 Å². The molecule has 8 rings (SSSR count). The van der Waals surface area contributed by atoms with Crippen LogP contribution in [0.3, 0.4) is 0 Å². The number of halogens is 1. The zero-order valence-corrected chi connectivity index (χ0v) is 21.0. The number of carbonyl (C=O) groups is 1. The largest absolute Gasteiger partial charge is 0.493 e. The van der Waals surface area contributed by atoms with Gasteiger partial charge >= 0.3 is 0 Å². The lowest BCUT2D eigenvalue weighted by atomic mass is 9.50. The molecule has 1 spiro atoms. The summed E-state index contributed by atoms with van der Waals surface area (Å²) in [6.45, 7) is 1.85. The topological polar surface area (TPSA) is 72.9 Å². The molecule has 6 nitrogen and oxygen atoms in total. The van der Waals surface area contributed by atoms with Gasteiger partial charge in [-0.25, -0.2) is 12.8 Å². The molecule has 7 aliphatic rings. The number of Topliss-reactive ketones (excluding diaryl/α,β-unsaturated/α-hetero) is 1. The minimum absolute atomic E-state index is 0.132. The van der Waals surface area contributed by atoms with Crippen molar-refractivity contribution in [2.24, 2.45) is 23.2 Å². The van der Waals surface area contributed by atoms with Crippen molar-refractivity contribution < 1.29 is 27.1 Å². The van der Waals surface area contributed by atoms with Gasteiger partial charge in [-0.1, -0.05) is 0 Å². The first-order chi connectivity index (χ1) is 16.7. The van der Waals surface area contributed by atoms with Crippen LogP contribution in [-0.4, -0.2) is 56.2 Å². The number of rotatable bonds is 8. The lowest BCUT2D eigenvalue weighted by Crippen LogP contribution is -2.69. The highest BCUT2D eigenvalue weighted by Gasteiger charge is 2.54. The van der Waals surface area contributed by atoms with Crippen LogP contribution >= 0.6 is 0 Å². The Hall–Kier alpha value is -1.51. The van der Waals surface area contributed by atoms with Crippen molar-refractivity contribution in [2.45, 2.75) is 69.3 Å². The monoisotopic (exact) mass is 503 g/mol. The molecule has 0 atom stereocenters. The summed E-state index contributed by atoms with van der Waals surface area (Å²) < 4.78 is 53.8. The SMILES string of the molecule is O=C(CS(=O)(=O)N1CC2(CCO2)C1)c1cc(C2CC2)c(OCC23CC4CC(CC(C4)C2)C3)cc1F. The summed E-state index contributed by atoms with van der Waals surface area (Å²) in [5.41, 5.74) is 0.596. The molecule has 0 aromatic heterocycles. The number of nitrogens with zero attached hydrogens (tertiary/aromatic N) is 1. The predicted octanol–water partition coefficient (Wildman–Crippen LogP) is 4.29. The van der Waals surface area contributed by atoms with E-state index in [0.717, 1.165) is 42.6 Å². The van der Waals surface area contributed by atoms with Crippen LogP contribution in [0.15, 0.2) is 12.1 Å². The molecule has 1 aromatic carbocycles. The fourth-order valence-corrected chi connectivity index (χ4v) is 9.62. The van der Waals surface area contributed by atoms with E-state index >= 15 is 4.39 Å². The second-order valence-electron chi connectivity index (χ2n) is 12.6. The lowest BCUT2D eigenvalue weighted by molar-refractivity contribution is -0.200. The van der Waals surface area contributed by atoms with E-state index in [-0.39, 0.29) is 35.6 Å². The Kier molecular flexibility index (Phi) is 5.02. The zero-order valence-electron chi connectivity index (χ0n) is 20.1. The van der Waals surface area contributed by atoms with Crippen molar-refractivity contribution in [2.75, 3.05) is 32.1 Å². The molecular formula is C27H34FNO5S. The van der Waals surface area contributed by atoms with Gasteiger partial charge in [0.25, 0.3) is 0 Å². The molecule has 0 amide bonds. The van der Waals surface area contributed by atoms with Crippen molar-refractivity contribution in [3.05, 3.63) is 29.1 Å². The normalized spacial score (nSPS) is 35.1. The highest BCUT2D eigenvalue weighted by atomic mass is 32.2. The third-order valence-corrected chi connectivity index (χ3v) is 11.4. The van der Waals surface area contributed by atoms with Gasteiger partial charge in [0.05, 0.1) is 24.4 Å². The van der Waals surface area contributed by atoms with Crippen molar-refractivity contribution in [3.8, 4) is 5.75 Å². The molecule has 7 fully saturated rings. The van der Waals surface area contributed by atoms with Crippen LogP contribution in [0.4, 0.5) is 4.39 Å². The van der Waals surface area contributed by atoms with E-state index < -0.39 is 27.4 Å². The van der Waals surface area contributed by atoms with Gasteiger partial charge in [-0.05, 0) is 86.7 Å². The summed E-state index contributed by atoms with van der Waals surface area (Å²) in [6.07, 6.45) is 10.6. The Morgan fingerprint density at radius 1 is 1.09 bits per heavy atom. The van der Waals surface area contributed by atoms with Crippen LogP contribution in [0, 0.1) is 29.0 Å². The Morgan fingerprint density at radius 3 is 2.26 bits per heavy atom. The first kappa shape index (κ1) is 22.7. The maximum atomic E-state index is 15.2. The second kappa shape index (κ2) is 7.75. The lowest BCUT2D eigenvalue weighted by Gasteiger charge is -2.56. The first-order valence-electron chi connectivity index (χ1n) is 13.3. The quantitative estimate of drug-likeness (QED) is 0.495. The van der Waals surface area contributed by atoms with E-state index in [4.69, 9.17) is 9.47 Å². The smallest absolute Gasteiger partial charge is 0.221 e. The van der Waals surface area contributed by atoms with Gasteiger partial charge in [0.2, 0.25) is 10.0 Å². The van der Waals surface area contributed by atoms with Crippen molar-refractivity contribution in [1.29, 1.82) is 0 Å². The van der Waals surface area contributed by atoms with E-state index in [1.165, 1.54) is 48.9 Å². The predicted molar refractivity (Wildman–Crippen MR) is 127 cm³/mol. The maximum Gasteiger partial charge on any atom is 0.221 e. The molecule has 2 aliphatic heterocycles. The van der Waals surface area contributed by atoms with Gasteiger partial charge in [0.1, 0.15) is 17.3 Å². The number of benzene rings is 1. The molecular weight excluding hydrogens is 469 g/mol. The molecule has 35 heavy (non-hydrogen) atoms. The number of ether oxygens (including phenoxy) is 2. The van der Waals surface area contributed by atoms with Gasteiger partial charge in [-0.2, -0.15) is 4.31 Å². The van der Waals surface area contributed by atoms with Crippen LogP contribution < -0.4 is 4.74 Å². The molecule has 5 saturated carbocycles. The molecule has 2 heterocycles. The average molecular weight is 504 g/mol. The van der Waals surface area contributed by atoms with Crippen LogP contribution in [-0.2, 0) is 14.8 Å². The molecule has 0 N–H and O–H groups in total. The minimum Gasteiger partial charge on any atom is -0.493 e. The van der Waals surface area contributed by atoms with Crippen molar-refractivity contribution >= 4 is 15.8 Å². The fourth-order valence-electron chi connectivity index (χ4n) is 8.09. The summed E-state index contributed by atoms with van der Waals surface area (Å²) in [5, 5.41) is 0. The van der Waals surface area contributed by atoms with E-state index in [2.05, 4.69) is 0 Å². The van der Waals surface area contributed by atoms with Gasteiger partial charge in [0, 0.05) is 31.0 Å². The Labute approximate surface area is 206 Å². The zero-order chi connectivity index (χ0) is 24.0. The molecule has 5 aliphatic carbocycles. The molecule has 4 bridgehead atoms. The Bertz CT molecular complexity index is 1130. The molecule has 190 valence electrons. The van der Waals surface area contributed by atoms with Crippen molar-refractivity contribution in [3.63, 3.8) is 0 Å². The number of sulfonamides is 1. The van der Waals surface area contributed by atoms with E-state index in [9.17, 15) is 13.2 Å². The fraction of sp³-hybridized carbons (Fsp3) is 0.741. The highest BCUT2D eigenvalue weighted by molar-refractivity contribution is 7.89. The van der Waals surface area contributed by atoms with Crippen LogP contribution in [0.2, 0.25) is 0 Å². The van der Waals surface area contributed by atoms with Crippen LogP contribution in [0.1, 0.15) is 79.6 Å². The average Bonchev–Trinajstić information content (AvgIpc) is 3.54. The number of hydrogen-bond acceptors (Lipinski definition) is 5. The van der Waals surface area contributed by atoms with E-state index in [1.807, 2.05) is 0 Å². The van der Waals surface area contributed by atoms with Crippen LogP contribution in [0.25, 0.3) is 0 Å². The van der Waals surface area contributed by atoms with Crippen LogP contribution in [0.5, 0.6) is 5.75 Å². The Balaban J connectivity index is 1.07. The second-order valence-corrected chi connectivity index (χ2v) is 14.5. The Morgan fingerprint density at radius 2 is 1.71 bits per heavy atom. The number of ketones is 1. The standard InChI is InChI=1S/C27H34FNO5S/c28-23-9-25(33-16-26-10-17-5-18(11-26)7-19(6-17)12-26)21(20-1-2-20)8-22(23)24(30)13-35(31,32)29-14-27(15-29)3-4-34-27/h8-9,17-20H,1-7,10-16H2. The number of carbonyl (C=O) groups excluding carboxylic acids is 1. The van der Waals surface area contributed by atoms with Gasteiger partial charge in [-0.15, -0.1) is 0 Å². The summed E-state index contributed by atoms with van der Waals surface area (Å²) in [7, 11) is -3.79. The number of hydrogen-bond donors (Lipinski definition) is 0. The van der Waals surface area contributed by atoms with Gasteiger partial charge in [-0.3, -0.25) is 4.79 Å². The highest BCUT2D eigenvalue weighted by Crippen LogP contribution is 2.60. The summed E-state index contributed by atoms with van der Waals surface area (Å²) >= 11 is 0. The van der Waals surface area contributed by atoms with E-state index in [1.54, 1.807) is 6.07 Å². The molecule has 0 radical (unpaired) electrons. The van der Waals surface area contributed by atoms with Gasteiger partial charge < -0.3 is 9.47 Å².